The summed E-state index contributed by atoms with van der Waals surface area (Å²) in [5.74, 6) is 0.0541. The Morgan fingerprint density at radius 2 is 2.11 bits per heavy atom. The Balaban J connectivity index is 1.92. The zero-order valence-electron chi connectivity index (χ0n) is 11.2. The Hall–Kier alpha value is -0.870. The summed E-state index contributed by atoms with van der Waals surface area (Å²) in [5.41, 5.74) is 0.325. The number of carbonyl (C=O) groups is 1. The molecule has 1 aliphatic rings. The highest BCUT2D eigenvalue weighted by Gasteiger charge is 2.33. The van der Waals surface area contributed by atoms with Gasteiger partial charge in [-0.1, -0.05) is 40.9 Å². The van der Waals surface area contributed by atoms with Gasteiger partial charge in [0.15, 0.2) is 0 Å². The largest absolute Gasteiger partial charge is 0.388 e. The van der Waals surface area contributed by atoms with Gasteiger partial charge in [-0.15, -0.1) is 0 Å². The van der Waals surface area contributed by atoms with Crippen LogP contribution in [0.15, 0.2) is 28.7 Å². The lowest BCUT2D eigenvalue weighted by Gasteiger charge is -2.28. The highest BCUT2D eigenvalue weighted by molar-refractivity contribution is 9.10. The number of hydrogen-bond donors (Lipinski definition) is 1. The van der Waals surface area contributed by atoms with E-state index in [1.807, 2.05) is 24.3 Å². The number of halogens is 1. The molecule has 3 nitrogen and oxygen atoms in total. The van der Waals surface area contributed by atoms with Gasteiger partial charge in [0.25, 0.3) is 0 Å². The van der Waals surface area contributed by atoms with Crippen molar-refractivity contribution in [2.75, 3.05) is 13.6 Å². The minimum atomic E-state index is -0.665. The summed E-state index contributed by atoms with van der Waals surface area (Å²) in [7, 11) is 1.77. The van der Waals surface area contributed by atoms with E-state index in [2.05, 4.69) is 15.9 Å². The minimum Gasteiger partial charge on any atom is -0.388 e. The first-order chi connectivity index (χ1) is 8.98. The molecule has 4 heteroatoms. The van der Waals surface area contributed by atoms with Crippen molar-refractivity contribution in [1.82, 2.24) is 4.90 Å². The second-order valence-corrected chi connectivity index (χ2v) is 6.40. The number of aliphatic hydroxyl groups is 1. The first-order valence-corrected chi connectivity index (χ1v) is 7.49. The van der Waals surface area contributed by atoms with Gasteiger partial charge in [-0.2, -0.15) is 0 Å². The van der Waals surface area contributed by atoms with E-state index in [4.69, 9.17) is 0 Å². The molecule has 2 rings (SSSR count). The van der Waals surface area contributed by atoms with Crippen LogP contribution in [-0.4, -0.2) is 35.1 Å². The van der Waals surface area contributed by atoms with Gasteiger partial charge >= 0.3 is 0 Å². The Bertz CT molecular complexity index is 455. The zero-order chi connectivity index (χ0) is 13.9. The maximum absolute atomic E-state index is 12.2. The molecule has 1 amide bonds. The molecule has 0 saturated heterocycles. The standard InChI is InChI=1S/C15H20BrNO2/c1-17(11-15(19)7-2-3-8-15)14(18)10-12-5-4-6-13(16)9-12/h4-6,9,19H,2-3,7-8,10-11H2,1H3. The molecule has 1 fully saturated rings. The zero-order valence-corrected chi connectivity index (χ0v) is 12.8. The molecule has 1 N–H and O–H groups in total. The van der Waals surface area contributed by atoms with E-state index in [-0.39, 0.29) is 5.91 Å². The summed E-state index contributed by atoms with van der Waals surface area (Å²) in [6, 6.07) is 7.77. The van der Waals surface area contributed by atoms with Crippen molar-refractivity contribution in [3.63, 3.8) is 0 Å². The Morgan fingerprint density at radius 3 is 2.74 bits per heavy atom. The molecule has 1 aliphatic carbocycles. The molecule has 0 aliphatic heterocycles. The summed E-state index contributed by atoms with van der Waals surface area (Å²) >= 11 is 3.40. The molecule has 0 bridgehead atoms. The van der Waals surface area contributed by atoms with Crippen molar-refractivity contribution in [3.05, 3.63) is 34.3 Å². The third kappa shape index (κ3) is 4.05. The molecule has 0 aromatic heterocycles. The van der Waals surface area contributed by atoms with E-state index >= 15 is 0 Å². The van der Waals surface area contributed by atoms with Crippen molar-refractivity contribution in [1.29, 1.82) is 0 Å². The number of likely N-dealkylation sites (N-methyl/N-ethyl adjacent to an activating group) is 1. The molecule has 0 heterocycles. The van der Waals surface area contributed by atoms with E-state index in [0.717, 1.165) is 35.7 Å². The molecule has 0 radical (unpaired) electrons. The first kappa shape index (κ1) is 14.5. The smallest absolute Gasteiger partial charge is 0.226 e. The molecule has 19 heavy (non-hydrogen) atoms. The van der Waals surface area contributed by atoms with Crippen molar-refractivity contribution < 1.29 is 9.90 Å². The van der Waals surface area contributed by atoms with Crippen LogP contribution in [0, 0.1) is 0 Å². The molecule has 1 aromatic carbocycles. The van der Waals surface area contributed by atoms with Crippen molar-refractivity contribution in [2.24, 2.45) is 0 Å². The average Bonchev–Trinajstić information content (AvgIpc) is 2.75. The second kappa shape index (κ2) is 6.06. The van der Waals surface area contributed by atoms with Crippen LogP contribution < -0.4 is 0 Å². The maximum Gasteiger partial charge on any atom is 0.226 e. The quantitative estimate of drug-likeness (QED) is 0.924. The first-order valence-electron chi connectivity index (χ1n) is 6.69. The van der Waals surface area contributed by atoms with Crippen molar-refractivity contribution in [3.8, 4) is 0 Å². The summed E-state index contributed by atoms with van der Waals surface area (Å²) in [4.78, 5) is 13.8. The molecule has 0 spiro atoms. The van der Waals surface area contributed by atoms with Crippen molar-refractivity contribution in [2.45, 2.75) is 37.7 Å². The molecular weight excluding hydrogens is 306 g/mol. The summed E-state index contributed by atoms with van der Waals surface area (Å²) in [6.45, 7) is 0.444. The van der Waals surface area contributed by atoms with Crippen LogP contribution in [0.1, 0.15) is 31.2 Å². The number of amides is 1. The summed E-state index contributed by atoms with van der Waals surface area (Å²) < 4.78 is 0.981. The summed E-state index contributed by atoms with van der Waals surface area (Å²) in [5, 5.41) is 10.3. The van der Waals surface area contributed by atoms with Crippen LogP contribution in [0.25, 0.3) is 0 Å². The van der Waals surface area contributed by atoms with Crippen LogP contribution >= 0.6 is 15.9 Å². The van der Waals surface area contributed by atoms with Gasteiger partial charge < -0.3 is 10.0 Å². The predicted molar refractivity (Wildman–Crippen MR) is 78.9 cm³/mol. The lowest BCUT2D eigenvalue weighted by atomic mass is 10.0. The fourth-order valence-corrected chi connectivity index (χ4v) is 3.12. The number of rotatable bonds is 4. The minimum absolute atomic E-state index is 0.0541. The number of hydrogen-bond acceptors (Lipinski definition) is 2. The second-order valence-electron chi connectivity index (χ2n) is 5.49. The SMILES string of the molecule is CN(CC1(O)CCCC1)C(=O)Cc1cccc(Br)c1. The van der Waals surface area contributed by atoms with Crippen molar-refractivity contribution >= 4 is 21.8 Å². The monoisotopic (exact) mass is 325 g/mol. The van der Waals surface area contributed by atoms with E-state index in [0.29, 0.717) is 13.0 Å². The molecule has 1 aromatic rings. The topological polar surface area (TPSA) is 40.5 Å². The van der Waals surface area contributed by atoms with Gasteiger partial charge in [-0.05, 0) is 30.5 Å². The van der Waals surface area contributed by atoms with E-state index < -0.39 is 5.60 Å². The molecule has 1 saturated carbocycles. The van der Waals surface area contributed by atoms with Crippen LogP contribution in [0.5, 0.6) is 0 Å². The predicted octanol–water partition coefficient (Wildman–Crippen LogP) is 2.76. The molecule has 0 atom stereocenters. The maximum atomic E-state index is 12.2. The Morgan fingerprint density at radius 1 is 1.42 bits per heavy atom. The van der Waals surface area contributed by atoms with Gasteiger partial charge in [0, 0.05) is 18.1 Å². The Labute approximate surface area is 122 Å². The van der Waals surface area contributed by atoms with Crippen LogP contribution in [0.2, 0.25) is 0 Å². The van der Waals surface area contributed by atoms with Crippen LogP contribution in [0.3, 0.4) is 0 Å². The average molecular weight is 326 g/mol. The lowest BCUT2D eigenvalue weighted by molar-refractivity contribution is -0.132. The fourth-order valence-electron chi connectivity index (χ4n) is 2.68. The normalized spacial score (nSPS) is 17.4. The molecule has 0 unspecified atom stereocenters. The van der Waals surface area contributed by atoms with Gasteiger partial charge in [-0.3, -0.25) is 4.79 Å². The van der Waals surface area contributed by atoms with E-state index in [1.54, 1.807) is 11.9 Å². The number of carbonyl (C=O) groups excluding carboxylic acids is 1. The van der Waals surface area contributed by atoms with Crippen LogP contribution in [-0.2, 0) is 11.2 Å². The third-order valence-electron chi connectivity index (χ3n) is 3.74. The van der Waals surface area contributed by atoms with E-state index in [9.17, 15) is 9.90 Å². The van der Waals surface area contributed by atoms with Gasteiger partial charge in [0.2, 0.25) is 5.91 Å². The molecule has 104 valence electrons. The highest BCUT2D eigenvalue weighted by Crippen LogP contribution is 2.30. The van der Waals surface area contributed by atoms with Gasteiger partial charge in [0.05, 0.1) is 12.0 Å². The highest BCUT2D eigenvalue weighted by atomic mass is 79.9. The fraction of sp³-hybridized carbons (Fsp3) is 0.533. The third-order valence-corrected chi connectivity index (χ3v) is 4.23. The number of benzene rings is 1. The summed E-state index contributed by atoms with van der Waals surface area (Å²) in [6.07, 6.45) is 4.11. The van der Waals surface area contributed by atoms with Gasteiger partial charge in [-0.25, -0.2) is 0 Å². The lowest BCUT2D eigenvalue weighted by Crippen LogP contribution is -2.42. The van der Waals surface area contributed by atoms with E-state index in [1.165, 1.54) is 0 Å². The van der Waals surface area contributed by atoms with Gasteiger partial charge in [0.1, 0.15) is 0 Å². The molecular formula is C15H20BrNO2. The number of nitrogens with zero attached hydrogens (tertiary/aromatic N) is 1. The Kier molecular flexibility index (Phi) is 4.63. The van der Waals surface area contributed by atoms with Crippen LogP contribution in [0.4, 0.5) is 0 Å².